The number of alkyl halides is 1. The molecule has 0 aliphatic heterocycles. The molecule has 0 aromatic heterocycles. The first kappa shape index (κ1) is 17.7. The Balaban J connectivity index is 2.99. The molecule has 0 saturated heterocycles. The SMILES string of the molecule is CCCCCCC=CCCCCCCCCCF. The Kier molecular flexibility index (Phi) is 16.4. The van der Waals surface area contributed by atoms with E-state index in [2.05, 4.69) is 19.1 Å². The lowest BCUT2D eigenvalue weighted by molar-refractivity contribution is 0.449. The maximum absolute atomic E-state index is 11.8. The molecule has 0 N–H and O–H groups in total. The summed E-state index contributed by atoms with van der Waals surface area (Å²) in [5, 5.41) is 0. The lowest BCUT2D eigenvalue weighted by Crippen LogP contribution is -1.81. The fourth-order valence-corrected chi connectivity index (χ4v) is 2.17. The van der Waals surface area contributed by atoms with Gasteiger partial charge in [-0.25, -0.2) is 0 Å². The van der Waals surface area contributed by atoms with Crippen LogP contribution in [0.5, 0.6) is 0 Å². The van der Waals surface area contributed by atoms with Crippen molar-refractivity contribution < 1.29 is 4.39 Å². The second-order valence-electron chi connectivity index (χ2n) is 5.27. The van der Waals surface area contributed by atoms with Gasteiger partial charge in [-0.2, -0.15) is 0 Å². The average molecular weight is 256 g/mol. The summed E-state index contributed by atoms with van der Waals surface area (Å²) in [5.74, 6) is 0. The maximum Gasteiger partial charge on any atom is 0.0894 e. The van der Waals surface area contributed by atoms with Crippen molar-refractivity contribution in [2.45, 2.75) is 90.4 Å². The summed E-state index contributed by atoms with van der Waals surface area (Å²) in [7, 11) is 0. The van der Waals surface area contributed by atoms with E-state index in [9.17, 15) is 4.39 Å². The zero-order valence-corrected chi connectivity index (χ0v) is 12.4. The lowest BCUT2D eigenvalue weighted by Gasteiger charge is -1.99. The van der Waals surface area contributed by atoms with Crippen molar-refractivity contribution in [3.05, 3.63) is 12.2 Å². The molecule has 0 rings (SSSR count). The van der Waals surface area contributed by atoms with E-state index in [4.69, 9.17) is 0 Å². The summed E-state index contributed by atoms with van der Waals surface area (Å²) in [6.45, 7) is 2.12. The first-order chi connectivity index (χ1) is 8.91. The van der Waals surface area contributed by atoms with E-state index in [1.165, 1.54) is 70.6 Å². The molecule has 0 unspecified atom stereocenters. The highest BCUT2D eigenvalue weighted by molar-refractivity contribution is 4.81. The van der Waals surface area contributed by atoms with E-state index in [-0.39, 0.29) is 6.67 Å². The van der Waals surface area contributed by atoms with Crippen molar-refractivity contribution in [2.75, 3.05) is 6.67 Å². The minimum Gasteiger partial charge on any atom is -0.251 e. The van der Waals surface area contributed by atoms with Crippen LogP contribution in [0.25, 0.3) is 0 Å². The standard InChI is InChI=1S/C17H33F/c1-2-3-4-5-6-7-8-9-10-11-12-13-14-15-16-17-18/h7-8H,2-6,9-17H2,1H3. The normalized spacial score (nSPS) is 11.4. The van der Waals surface area contributed by atoms with Gasteiger partial charge in [0.2, 0.25) is 0 Å². The van der Waals surface area contributed by atoms with Crippen molar-refractivity contribution in [2.24, 2.45) is 0 Å². The van der Waals surface area contributed by atoms with Gasteiger partial charge in [0.25, 0.3) is 0 Å². The summed E-state index contributed by atoms with van der Waals surface area (Å²) >= 11 is 0. The first-order valence-electron chi connectivity index (χ1n) is 8.12. The molecule has 0 saturated carbocycles. The summed E-state index contributed by atoms with van der Waals surface area (Å²) in [5.41, 5.74) is 0. The van der Waals surface area contributed by atoms with Crippen LogP contribution < -0.4 is 0 Å². The molecule has 108 valence electrons. The molecule has 1 heteroatoms. The van der Waals surface area contributed by atoms with Gasteiger partial charge < -0.3 is 0 Å². The lowest BCUT2D eigenvalue weighted by atomic mass is 10.1. The molecular formula is C17H33F. The monoisotopic (exact) mass is 256 g/mol. The van der Waals surface area contributed by atoms with Crippen LogP contribution in [0.4, 0.5) is 4.39 Å². The third kappa shape index (κ3) is 15.7. The van der Waals surface area contributed by atoms with Crippen molar-refractivity contribution in [3.63, 3.8) is 0 Å². The second-order valence-corrected chi connectivity index (χ2v) is 5.27. The number of hydrogen-bond acceptors (Lipinski definition) is 0. The third-order valence-electron chi connectivity index (χ3n) is 3.40. The van der Waals surface area contributed by atoms with Gasteiger partial charge in [-0.3, -0.25) is 4.39 Å². The zero-order valence-electron chi connectivity index (χ0n) is 12.4. The van der Waals surface area contributed by atoms with Crippen LogP contribution >= 0.6 is 0 Å². The molecule has 0 atom stereocenters. The molecule has 0 heterocycles. The number of allylic oxidation sites excluding steroid dienone is 2. The van der Waals surface area contributed by atoms with Crippen molar-refractivity contribution in [1.82, 2.24) is 0 Å². The third-order valence-corrected chi connectivity index (χ3v) is 3.40. The van der Waals surface area contributed by atoms with E-state index < -0.39 is 0 Å². The van der Waals surface area contributed by atoms with E-state index in [1.54, 1.807) is 0 Å². The topological polar surface area (TPSA) is 0 Å². The Morgan fingerprint density at radius 2 is 1.06 bits per heavy atom. The van der Waals surface area contributed by atoms with Crippen LogP contribution in [0.15, 0.2) is 12.2 Å². The van der Waals surface area contributed by atoms with Crippen LogP contribution in [0.3, 0.4) is 0 Å². The van der Waals surface area contributed by atoms with E-state index in [1.807, 2.05) is 0 Å². The Morgan fingerprint density at radius 1 is 0.611 bits per heavy atom. The minimum absolute atomic E-state index is 0.136. The van der Waals surface area contributed by atoms with Gasteiger partial charge in [0.15, 0.2) is 0 Å². The highest BCUT2D eigenvalue weighted by Gasteiger charge is 1.91. The fraction of sp³-hybridized carbons (Fsp3) is 0.882. The van der Waals surface area contributed by atoms with Gasteiger partial charge in [-0.15, -0.1) is 0 Å². The number of halogens is 1. The van der Waals surface area contributed by atoms with Gasteiger partial charge >= 0.3 is 0 Å². The predicted molar refractivity (Wildman–Crippen MR) is 80.8 cm³/mol. The Morgan fingerprint density at radius 3 is 1.56 bits per heavy atom. The van der Waals surface area contributed by atoms with Gasteiger partial charge in [0.05, 0.1) is 6.67 Å². The van der Waals surface area contributed by atoms with E-state index in [0.29, 0.717) is 0 Å². The molecule has 0 bridgehead atoms. The van der Waals surface area contributed by atoms with Gasteiger partial charge in [-0.1, -0.05) is 70.4 Å². The van der Waals surface area contributed by atoms with Crippen molar-refractivity contribution in [3.8, 4) is 0 Å². The maximum atomic E-state index is 11.8. The molecule has 0 radical (unpaired) electrons. The molecule has 0 aliphatic rings. The number of unbranched alkanes of at least 4 members (excludes halogenated alkanes) is 11. The van der Waals surface area contributed by atoms with E-state index >= 15 is 0 Å². The average Bonchev–Trinajstić information content (AvgIpc) is 2.39. The number of hydrogen-bond donors (Lipinski definition) is 0. The molecule has 0 aliphatic carbocycles. The molecule has 0 amide bonds. The Hall–Kier alpha value is -0.330. The quantitative estimate of drug-likeness (QED) is 0.242. The van der Waals surface area contributed by atoms with Gasteiger partial charge in [-0.05, 0) is 32.1 Å². The predicted octanol–water partition coefficient (Wildman–Crippen LogP) is 6.60. The van der Waals surface area contributed by atoms with Crippen molar-refractivity contribution in [1.29, 1.82) is 0 Å². The molecule has 0 aromatic carbocycles. The molecule has 0 aromatic rings. The molecule has 0 fully saturated rings. The Labute approximate surface area is 114 Å². The minimum atomic E-state index is -0.136. The molecular weight excluding hydrogens is 223 g/mol. The summed E-state index contributed by atoms with van der Waals surface area (Å²) in [6.07, 6.45) is 21.0. The summed E-state index contributed by atoms with van der Waals surface area (Å²) < 4.78 is 11.8. The van der Waals surface area contributed by atoms with Crippen LogP contribution in [-0.2, 0) is 0 Å². The Bertz CT molecular complexity index is 163. The zero-order chi connectivity index (χ0) is 13.3. The fourth-order valence-electron chi connectivity index (χ4n) is 2.17. The van der Waals surface area contributed by atoms with Crippen LogP contribution in [0.2, 0.25) is 0 Å². The highest BCUT2D eigenvalue weighted by Crippen LogP contribution is 2.09. The summed E-state index contributed by atoms with van der Waals surface area (Å²) in [4.78, 5) is 0. The summed E-state index contributed by atoms with van der Waals surface area (Å²) in [6, 6.07) is 0. The van der Waals surface area contributed by atoms with Crippen LogP contribution in [0, 0.1) is 0 Å². The van der Waals surface area contributed by atoms with Gasteiger partial charge in [0.1, 0.15) is 0 Å². The van der Waals surface area contributed by atoms with Crippen LogP contribution in [0.1, 0.15) is 90.4 Å². The number of rotatable bonds is 14. The van der Waals surface area contributed by atoms with Crippen LogP contribution in [-0.4, -0.2) is 6.67 Å². The van der Waals surface area contributed by atoms with E-state index in [0.717, 1.165) is 12.8 Å². The van der Waals surface area contributed by atoms with Gasteiger partial charge in [0, 0.05) is 0 Å². The van der Waals surface area contributed by atoms with Crippen molar-refractivity contribution >= 4 is 0 Å². The largest absolute Gasteiger partial charge is 0.251 e. The smallest absolute Gasteiger partial charge is 0.0894 e. The first-order valence-corrected chi connectivity index (χ1v) is 8.12. The second kappa shape index (κ2) is 16.7. The molecule has 0 nitrogen and oxygen atoms in total. The molecule has 18 heavy (non-hydrogen) atoms. The molecule has 0 spiro atoms. The highest BCUT2D eigenvalue weighted by atomic mass is 19.1.